The molecule has 10 heteroatoms. The molecule has 2 aliphatic heterocycles. The number of carbonyl (C=O) groups is 2. The monoisotopic (exact) mass is 468 g/mol. The maximum Gasteiger partial charge on any atom is 0.337 e. The van der Waals surface area contributed by atoms with E-state index in [4.69, 9.17) is 18.9 Å². The van der Waals surface area contributed by atoms with Crippen LogP contribution in [0.1, 0.15) is 19.8 Å². The van der Waals surface area contributed by atoms with Crippen molar-refractivity contribution in [1.29, 1.82) is 0 Å². The molecule has 33 heavy (non-hydrogen) atoms. The third-order valence-electron chi connectivity index (χ3n) is 5.53. The molecule has 2 heterocycles. The number of unbranched alkanes of at least 4 members (excludes halogenated alkanes) is 1. The molecule has 184 valence electrons. The zero-order valence-electron chi connectivity index (χ0n) is 18.6. The summed E-state index contributed by atoms with van der Waals surface area (Å²) in [6.45, 7) is 5.15. The number of esters is 1. The molecule has 0 spiro atoms. The van der Waals surface area contributed by atoms with Gasteiger partial charge in [-0.25, -0.2) is 4.79 Å². The first kappa shape index (κ1) is 26.9. The molecule has 2 rings (SSSR count). The molecule has 0 aromatic heterocycles. The average molecular weight is 468 g/mol. The van der Waals surface area contributed by atoms with Crippen LogP contribution in [0.25, 0.3) is 0 Å². The van der Waals surface area contributed by atoms with Gasteiger partial charge in [0.15, 0.2) is 6.29 Å². The fourth-order valence-electron chi connectivity index (χ4n) is 3.59. The van der Waals surface area contributed by atoms with Crippen LogP contribution in [0.3, 0.4) is 0 Å². The molecule has 1 saturated heterocycles. The molecule has 10 nitrogen and oxygen atoms in total. The van der Waals surface area contributed by atoms with Gasteiger partial charge in [-0.3, -0.25) is 4.79 Å². The van der Waals surface area contributed by atoms with Crippen LogP contribution in [0, 0.1) is 11.8 Å². The van der Waals surface area contributed by atoms with E-state index in [1.54, 1.807) is 18.2 Å². The summed E-state index contributed by atoms with van der Waals surface area (Å²) < 4.78 is 21.5. The number of aldehydes is 1. The number of ether oxygens (including phenoxy) is 4. The van der Waals surface area contributed by atoms with Gasteiger partial charge in [0.2, 0.25) is 6.29 Å². The largest absolute Gasteiger partial charge is 0.471 e. The van der Waals surface area contributed by atoms with E-state index in [0.29, 0.717) is 18.3 Å². The fraction of sp³-hybridized carbons (Fsp3) is 0.565. The highest BCUT2D eigenvalue weighted by Gasteiger charge is 2.47. The van der Waals surface area contributed by atoms with E-state index >= 15 is 0 Å². The molecule has 8 atom stereocenters. The zero-order chi connectivity index (χ0) is 24.5. The summed E-state index contributed by atoms with van der Waals surface area (Å²) in [6.07, 6.45) is 1.40. The lowest BCUT2D eigenvalue weighted by molar-refractivity contribution is -0.338. The predicted molar refractivity (Wildman–Crippen MR) is 115 cm³/mol. The van der Waals surface area contributed by atoms with Crippen LogP contribution in [0.5, 0.6) is 0 Å². The Hall–Kier alpha value is -2.34. The van der Waals surface area contributed by atoms with Crippen molar-refractivity contribution in [2.75, 3.05) is 13.7 Å². The highest BCUT2D eigenvalue weighted by molar-refractivity contribution is 5.89. The summed E-state index contributed by atoms with van der Waals surface area (Å²) in [6, 6.07) is 0. The Balaban J connectivity index is 2.32. The van der Waals surface area contributed by atoms with Gasteiger partial charge in [-0.2, -0.15) is 0 Å². The lowest BCUT2D eigenvalue weighted by atomic mass is 9.83. The summed E-state index contributed by atoms with van der Waals surface area (Å²) in [5.41, 5.74) is 0.592. The Morgan fingerprint density at radius 2 is 1.94 bits per heavy atom. The lowest BCUT2D eigenvalue weighted by Gasteiger charge is -2.42. The number of aliphatic hydroxyl groups is 4. The minimum atomic E-state index is -1.63. The van der Waals surface area contributed by atoms with Crippen molar-refractivity contribution >= 4 is 12.3 Å². The highest BCUT2D eigenvalue weighted by Crippen LogP contribution is 2.36. The van der Waals surface area contributed by atoms with E-state index in [2.05, 4.69) is 6.58 Å². The van der Waals surface area contributed by atoms with Crippen LogP contribution < -0.4 is 0 Å². The summed E-state index contributed by atoms with van der Waals surface area (Å²) in [4.78, 5) is 23.7. The number of rotatable bonds is 10. The van der Waals surface area contributed by atoms with Crippen LogP contribution in [-0.4, -0.2) is 83.4 Å². The molecular weight excluding hydrogens is 436 g/mol. The minimum Gasteiger partial charge on any atom is -0.471 e. The molecule has 1 fully saturated rings. The van der Waals surface area contributed by atoms with Crippen molar-refractivity contribution in [1.82, 2.24) is 0 Å². The van der Waals surface area contributed by atoms with Gasteiger partial charge >= 0.3 is 5.97 Å². The summed E-state index contributed by atoms with van der Waals surface area (Å²) in [5.74, 6) is -2.00. The molecule has 0 aliphatic carbocycles. The molecule has 0 saturated carbocycles. The van der Waals surface area contributed by atoms with Gasteiger partial charge < -0.3 is 39.4 Å². The number of hydrogen-bond donors (Lipinski definition) is 4. The van der Waals surface area contributed by atoms with Gasteiger partial charge in [0.25, 0.3) is 0 Å². The third kappa shape index (κ3) is 6.38. The first-order valence-corrected chi connectivity index (χ1v) is 10.7. The molecule has 0 aromatic carbocycles. The molecular formula is C23H32O10. The average Bonchev–Trinajstić information content (AvgIpc) is 2.83. The van der Waals surface area contributed by atoms with Gasteiger partial charge in [-0.05, 0) is 6.42 Å². The Kier molecular flexibility index (Phi) is 10.4. The van der Waals surface area contributed by atoms with Crippen LogP contribution >= 0.6 is 0 Å². The van der Waals surface area contributed by atoms with Crippen molar-refractivity contribution in [3.8, 4) is 0 Å². The normalized spacial score (nSPS) is 35.0. The minimum absolute atomic E-state index is 0.160. The molecule has 2 aliphatic rings. The van der Waals surface area contributed by atoms with E-state index < -0.39 is 61.4 Å². The lowest BCUT2D eigenvalue weighted by Crippen LogP contribution is -2.60. The number of aliphatic hydroxyl groups excluding tert-OH is 4. The Morgan fingerprint density at radius 1 is 1.21 bits per heavy atom. The maximum absolute atomic E-state index is 12.3. The van der Waals surface area contributed by atoms with E-state index in [9.17, 15) is 30.0 Å². The Morgan fingerprint density at radius 3 is 2.52 bits per heavy atom. The Labute approximate surface area is 192 Å². The molecule has 0 amide bonds. The number of hydrogen-bond acceptors (Lipinski definition) is 10. The molecule has 4 N–H and O–H groups in total. The SMILES string of the molecule is C=C[C@H]1[C@H](O[C@@H]2O[C@H](CO)[C@@H](O)[C@H](O)[C@H]2O)OC=C(C(=O)OC)[C@H]1/C=C/C(C=O)=C\CCC. The van der Waals surface area contributed by atoms with Gasteiger partial charge in [0.1, 0.15) is 30.7 Å². The fourth-order valence-corrected chi connectivity index (χ4v) is 3.59. The standard InChI is InChI=1S/C23H32O10/c1-4-6-7-13(10-24)8-9-15-14(5-2)22(31-12-16(15)21(29)30-3)33-23-20(28)19(27)18(26)17(11-25)32-23/h5,7-10,12,14-15,17-20,22-23,25-28H,2,4,6,11H2,1,3H3/b9-8+,13-7+/t14-,15+,17-,18-,19+,20-,22+,23+/m1/s1. The van der Waals surface area contributed by atoms with Crippen LogP contribution in [0.15, 0.2) is 48.3 Å². The number of methoxy groups -OCH3 is 1. The molecule has 0 bridgehead atoms. The smallest absolute Gasteiger partial charge is 0.337 e. The van der Waals surface area contributed by atoms with Gasteiger partial charge in [0.05, 0.1) is 31.5 Å². The van der Waals surface area contributed by atoms with Crippen molar-refractivity contribution in [3.05, 3.63) is 48.3 Å². The van der Waals surface area contributed by atoms with Crippen molar-refractivity contribution in [2.45, 2.75) is 56.8 Å². The first-order valence-electron chi connectivity index (χ1n) is 10.7. The first-order chi connectivity index (χ1) is 15.8. The molecule has 0 aromatic rings. The van der Waals surface area contributed by atoms with E-state index in [-0.39, 0.29) is 5.57 Å². The second kappa shape index (κ2) is 12.8. The second-order valence-corrected chi connectivity index (χ2v) is 7.71. The molecule has 0 radical (unpaired) electrons. The second-order valence-electron chi connectivity index (χ2n) is 7.71. The van der Waals surface area contributed by atoms with E-state index in [0.717, 1.165) is 12.7 Å². The van der Waals surface area contributed by atoms with Crippen molar-refractivity contribution < 1.29 is 49.0 Å². The molecule has 0 unspecified atom stereocenters. The summed E-state index contributed by atoms with van der Waals surface area (Å²) >= 11 is 0. The van der Waals surface area contributed by atoms with Gasteiger partial charge in [-0.1, -0.05) is 37.6 Å². The van der Waals surface area contributed by atoms with Gasteiger partial charge in [0, 0.05) is 11.5 Å². The van der Waals surface area contributed by atoms with Crippen LogP contribution in [-0.2, 0) is 28.5 Å². The number of allylic oxidation sites excluding steroid dienone is 4. The van der Waals surface area contributed by atoms with Gasteiger partial charge in [-0.15, -0.1) is 6.58 Å². The van der Waals surface area contributed by atoms with E-state index in [1.807, 2.05) is 6.92 Å². The quantitative estimate of drug-likeness (QED) is 0.114. The van der Waals surface area contributed by atoms with Crippen LogP contribution in [0.4, 0.5) is 0 Å². The maximum atomic E-state index is 12.3. The summed E-state index contributed by atoms with van der Waals surface area (Å²) in [5, 5.41) is 39.6. The van der Waals surface area contributed by atoms with Crippen molar-refractivity contribution in [2.24, 2.45) is 11.8 Å². The zero-order valence-corrected chi connectivity index (χ0v) is 18.6. The third-order valence-corrected chi connectivity index (χ3v) is 5.53. The Bertz CT molecular complexity index is 771. The number of carbonyl (C=O) groups excluding carboxylic acids is 2. The van der Waals surface area contributed by atoms with E-state index in [1.165, 1.54) is 13.2 Å². The highest BCUT2D eigenvalue weighted by atomic mass is 16.8. The predicted octanol–water partition coefficient (Wildman–Crippen LogP) is 0.116. The summed E-state index contributed by atoms with van der Waals surface area (Å²) in [7, 11) is 1.22. The van der Waals surface area contributed by atoms with Crippen LogP contribution in [0.2, 0.25) is 0 Å². The van der Waals surface area contributed by atoms with Crippen molar-refractivity contribution in [3.63, 3.8) is 0 Å². The topological polar surface area (TPSA) is 152 Å².